The number of alkyl halides is 1. The Hall–Kier alpha value is -1.57. The molecule has 1 spiro atoms. The number of hydrogen-bond acceptors (Lipinski definition) is 4. The van der Waals surface area contributed by atoms with Crippen molar-refractivity contribution >= 4 is 5.91 Å². The highest BCUT2D eigenvalue weighted by Gasteiger charge is 2.58. The lowest BCUT2D eigenvalue weighted by atomic mass is 9.77. The van der Waals surface area contributed by atoms with Crippen LogP contribution in [0.5, 0.6) is 0 Å². The van der Waals surface area contributed by atoms with E-state index in [9.17, 15) is 18.7 Å². The number of likely N-dealkylation sites (tertiary alicyclic amines) is 2. The molecule has 0 radical (unpaired) electrons. The molecule has 1 N–H and O–H groups in total. The fourth-order valence-corrected chi connectivity index (χ4v) is 7.14. The topological polar surface area (TPSA) is 53.0 Å². The molecule has 186 valence electrons. The summed E-state index contributed by atoms with van der Waals surface area (Å²) < 4.78 is 33.8. The highest BCUT2D eigenvalue weighted by molar-refractivity contribution is 5.88. The van der Waals surface area contributed by atoms with E-state index in [4.69, 9.17) is 4.74 Å². The van der Waals surface area contributed by atoms with Crippen molar-refractivity contribution in [2.75, 3.05) is 39.4 Å². The number of piperidine rings is 1. The van der Waals surface area contributed by atoms with Crippen LogP contribution in [-0.4, -0.2) is 71.9 Å². The summed E-state index contributed by atoms with van der Waals surface area (Å²) in [5.74, 6) is -0.264. The smallest absolute Gasteiger partial charge is 0.260 e. The van der Waals surface area contributed by atoms with Crippen LogP contribution >= 0.6 is 0 Å². The molecular weight excluding hydrogens is 438 g/mol. The van der Waals surface area contributed by atoms with Gasteiger partial charge >= 0.3 is 0 Å². The number of carbonyl (C=O) groups is 1. The molecule has 0 aromatic heterocycles. The molecule has 3 heterocycles. The molecule has 1 aromatic rings. The van der Waals surface area contributed by atoms with Gasteiger partial charge in [0.25, 0.3) is 5.91 Å². The molecule has 1 atom stereocenters. The van der Waals surface area contributed by atoms with Gasteiger partial charge in [0.2, 0.25) is 0 Å². The second-order valence-corrected chi connectivity index (χ2v) is 11.7. The highest BCUT2D eigenvalue weighted by atomic mass is 19.1. The van der Waals surface area contributed by atoms with Gasteiger partial charge in [-0.1, -0.05) is 6.07 Å². The molecule has 1 amide bonds. The van der Waals surface area contributed by atoms with E-state index < -0.39 is 11.3 Å². The minimum absolute atomic E-state index is 0.185. The van der Waals surface area contributed by atoms with E-state index in [2.05, 4.69) is 4.90 Å². The Kier molecular flexibility index (Phi) is 5.54. The van der Waals surface area contributed by atoms with Crippen molar-refractivity contribution in [3.63, 3.8) is 0 Å². The zero-order valence-electron chi connectivity index (χ0n) is 19.9. The summed E-state index contributed by atoms with van der Waals surface area (Å²) in [6.07, 6.45) is 7.16. The fourth-order valence-electron chi connectivity index (χ4n) is 7.14. The number of aliphatic hydroxyl groups is 1. The van der Waals surface area contributed by atoms with E-state index in [1.54, 1.807) is 17.0 Å². The van der Waals surface area contributed by atoms with Gasteiger partial charge < -0.3 is 19.6 Å². The monoisotopic (exact) mass is 474 g/mol. The van der Waals surface area contributed by atoms with Crippen molar-refractivity contribution in [3.05, 3.63) is 35.1 Å². The molecule has 0 unspecified atom stereocenters. The molecule has 34 heavy (non-hydrogen) atoms. The number of amides is 1. The van der Waals surface area contributed by atoms with Crippen molar-refractivity contribution in [2.24, 2.45) is 5.41 Å². The lowest BCUT2D eigenvalue weighted by molar-refractivity contribution is -0.150. The van der Waals surface area contributed by atoms with Crippen molar-refractivity contribution in [2.45, 2.75) is 81.0 Å². The Morgan fingerprint density at radius 1 is 1.03 bits per heavy atom. The van der Waals surface area contributed by atoms with Gasteiger partial charge in [0.15, 0.2) is 5.67 Å². The van der Waals surface area contributed by atoms with Crippen LogP contribution in [0.1, 0.15) is 74.8 Å². The molecular formula is C27H36F2N2O3. The summed E-state index contributed by atoms with van der Waals surface area (Å²) in [5, 5.41) is 11.3. The molecule has 1 aromatic carbocycles. The molecule has 5 fully saturated rings. The molecule has 3 saturated heterocycles. The zero-order chi connectivity index (χ0) is 23.6. The minimum atomic E-state index is -1.55. The average molecular weight is 475 g/mol. The van der Waals surface area contributed by atoms with Gasteiger partial charge in [-0.2, -0.15) is 0 Å². The van der Waals surface area contributed by atoms with Gasteiger partial charge in [-0.25, -0.2) is 8.78 Å². The quantitative estimate of drug-likeness (QED) is 0.720. The van der Waals surface area contributed by atoms with E-state index in [1.165, 1.54) is 6.07 Å². The fraction of sp³-hybridized carbons (Fsp3) is 0.741. The number of hydrogen-bond donors (Lipinski definition) is 1. The number of nitrogens with zero attached hydrogens (tertiary/aromatic N) is 2. The Morgan fingerprint density at radius 2 is 1.74 bits per heavy atom. The van der Waals surface area contributed by atoms with Crippen molar-refractivity contribution < 1.29 is 23.4 Å². The molecule has 2 aliphatic carbocycles. The molecule has 0 bridgehead atoms. The predicted molar refractivity (Wildman–Crippen MR) is 124 cm³/mol. The molecule has 5 aliphatic rings. The van der Waals surface area contributed by atoms with Crippen molar-refractivity contribution in [1.29, 1.82) is 0 Å². The largest absolute Gasteiger partial charge is 0.385 e. The Labute approximate surface area is 200 Å². The first-order valence-electron chi connectivity index (χ1n) is 13.1. The first-order valence-corrected chi connectivity index (χ1v) is 13.1. The lowest BCUT2D eigenvalue weighted by Crippen LogP contribution is -2.60. The second-order valence-electron chi connectivity index (χ2n) is 11.7. The first-order chi connectivity index (χ1) is 16.3. The summed E-state index contributed by atoms with van der Waals surface area (Å²) in [5.41, 5.74) is -0.432. The van der Waals surface area contributed by atoms with Crippen molar-refractivity contribution in [1.82, 2.24) is 9.80 Å². The van der Waals surface area contributed by atoms with Crippen LogP contribution in [0.4, 0.5) is 8.78 Å². The van der Waals surface area contributed by atoms with E-state index in [0.29, 0.717) is 44.9 Å². The standard InChI is InChI=1S/C27H36F2N2O3/c28-20-1-2-23(27(33)9-13-34-14-10-27)22(15-20)19-4-11-30(12-5-19)21-3-6-25(16-21)17-31(18-25)24(32)26(29)7-8-26/h1-2,15,19,21,33H,3-14,16-18H2/t21-/m1/s1. The Bertz CT molecular complexity index is 945. The van der Waals surface area contributed by atoms with Crippen LogP contribution < -0.4 is 0 Å². The van der Waals surface area contributed by atoms with Crippen LogP contribution in [0.3, 0.4) is 0 Å². The summed E-state index contributed by atoms with van der Waals surface area (Å²) in [7, 11) is 0. The van der Waals surface area contributed by atoms with Gasteiger partial charge in [-0.3, -0.25) is 4.79 Å². The summed E-state index contributed by atoms with van der Waals surface area (Å²) >= 11 is 0. The predicted octanol–water partition coefficient (Wildman–Crippen LogP) is 3.89. The molecule has 7 heteroatoms. The maximum Gasteiger partial charge on any atom is 0.260 e. The molecule has 6 rings (SSSR count). The van der Waals surface area contributed by atoms with Crippen LogP contribution in [0.25, 0.3) is 0 Å². The van der Waals surface area contributed by atoms with Gasteiger partial charge in [-0.15, -0.1) is 0 Å². The lowest BCUT2D eigenvalue weighted by Gasteiger charge is -2.49. The third-order valence-corrected chi connectivity index (χ3v) is 9.41. The second kappa shape index (κ2) is 8.24. The highest BCUT2D eigenvalue weighted by Crippen LogP contribution is 2.51. The summed E-state index contributed by atoms with van der Waals surface area (Å²) in [6.45, 7) is 4.45. The maximum absolute atomic E-state index is 14.2. The normalized spacial score (nSPS) is 30.3. The van der Waals surface area contributed by atoms with E-state index >= 15 is 0 Å². The number of rotatable bonds is 4. The third-order valence-electron chi connectivity index (χ3n) is 9.41. The van der Waals surface area contributed by atoms with Gasteiger partial charge in [0.1, 0.15) is 5.82 Å². The van der Waals surface area contributed by atoms with E-state index in [0.717, 1.165) is 69.4 Å². The van der Waals surface area contributed by atoms with Gasteiger partial charge in [-0.05, 0) is 87.2 Å². The van der Waals surface area contributed by atoms with Crippen LogP contribution in [-0.2, 0) is 15.1 Å². The maximum atomic E-state index is 14.2. The molecule has 3 aliphatic heterocycles. The minimum Gasteiger partial charge on any atom is -0.385 e. The number of carbonyl (C=O) groups excluding carboxylic acids is 1. The zero-order valence-corrected chi connectivity index (χ0v) is 19.9. The average Bonchev–Trinajstić information content (AvgIpc) is 3.41. The van der Waals surface area contributed by atoms with Crippen LogP contribution in [0, 0.1) is 11.2 Å². The number of halogens is 2. The molecule has 5 nitrogen and oxygen atoms in total. The summed E-state index contributed by atoms with van der Waals surface area (Å²) in [6, 6.07) is 5.42. The Morgan fingerprint density at radius 3 is 2.41 bits per heavy atom. The van der Waals surface area contributed by atoms with Crippen molar-refractivity contribution in [3.8, 4) is 0 Å². The van der Waals surface area contributed by atoms with E-state index in [1.807, 2.05) is 0 Å². The van der Waals surface area contributed by atoms with E-state index in [-0.39, 0.29) is 23.1 Å². The molecule has 2 saturated carbocycles. The van der Waals surface area contributed by atoms with Gasteiger partial charge in [0, 0.05) is 50.6 Å². The third kappa shape index (κ3) is 3.97. The van der Waals surface area contributed by atoms with Crippen LogP contribution in [0.2, 0.25) is 0 Å². The number of ether oxygens (including phenoxy) is 1. The first kappa shape index (κ1) is 22.9. The summed E-state index contributed by atoms with van der Waals surface area (Å²) in [4.78, 5) is 16.6. The van der Waals surface area contributed by atoms with Crippen LogP contribution in [0.15, 0.2) is 18.2 Å². The SMILES string of the molecule is O=C(N1CC2(CC[C@@H](N3CCC(c4cc(F)ccc4C4(O)CCOCC4)CC3)C2)C1)C1(F)CC1. The van der Waals surface area contributed by atoms with Gasteiger partial charge in [0.05, 0.1) is 5.60 Å². The number of benzene rings is 1. The Balaban J connectivity index is 1.07.